The maximum Gasteiger partial charge on any atom is 0.0736 e. The summed E-state index contributed by atoms with van der Waals surface area (Å²) >= 11 is 2.04. The zero-order valence-corrected chi connectivity index (χ0v) is 11.0. The Morgan fingerprint density at radius 2 is 2.20 bits per heavy atom. The van der Waals surface area contributed by atoms with E-state index in [9.17, 15) is 0 Å². The molecule has 0 aromatic carbocycles. The Bertz CT molecular complexity index is 183. The van der Waals surface area contributed by atoms with Gasteiger partial charge in [0.1, 0.15) is 0 Å². The number of hydrogen-bond donors (Lipinski definition) is 1. The first-order chi connectivity index (χ1) is 7.15. The lowest BCUT2D eigenvalue weighted by Crippen LogP contribution is -2.59. The van der Waals surface area contributed by atoms with Crippen LogP contribution in [0.4, 0.5) is 0 Å². The van der Waals surface area contributed by atoms with Crippen molar-refractivity contribution < 1.29 is 4.74 Å². The van der Waals surface area contributed by atoms with E-state index in [2.05, 4.69) is 18.7 Å². The summed E-state index contributed by atoms with van der Waals surface area (Å²) in [5, 5.41) is 0. The quantitative estimate of drug-likeness (QED) is 0.790. The second-order valence-electron chi connectivity index (χ2n) is 4.39. The van der Waals surface area contributed by atoms with Crippen molar-refractivity contribution in [3.8, 4) is 0 Å². The third kappa shape index (κ3) is 3.09. The molecule has 0 bridgehead atoms. The SMILES string of the molecule is COC(C)C(C)(CN)N1CCCSCC1. The van der Waals surface area contributed by atoms with Crippen LogP contribution < -0.4 is 5.73 Å². The zero-order chi connectivity index (χ0) is 11.3. The molecule has 2 N–H and O–H groups in total. The molecule has 0 aromatic rings. The van der Waals surface area contributed by atoms with Crippen molar-refractivity contribution in [2.24, 2.45) is 5.73 Å². The zero-order valence-electron chi connectivity index (χ0n) is 10.2. The Morgan fingerprint density at radius 3 is 2.80 bits per heavy atom. The molecule has 1 rings (SSSR count). The smallest absolute Gasteiger partial charge is 0.0736 e. The highest BCUT2D eigenvalue weighted by Crippen LogP contribution is 2.24. The highest BCUT2D eigenvalue weighted by molar-refractivity contribution is 7.99. The summed E-state index contributed by atoms with van der Waals surface area (Å²) in [4.78, 5) is 2.50. The van der Waals surface area contributed by atoms with Crippen LogP contribution in [0.1, 0.15) is 20.3 Å². The summed E-state index contributed by atoms with van der Waals surface area (Å²) < 4.78 is 5.47. The van der Waals surface area contributed by atoms with Gasteiger partial charge in [-0.05, 0) is 32.6 Å². The Morgan fingerprint density at radius 1 is 1.47 bits per heavy atom. The molecule has 0 aliphatic carbocycles. The van der Waals surface area contributed by atoms with Crippen LogP contribution in [-0.2, 0) is 4.74 Å². The van der Waals surface area contributed by atoms with Crippen LogP contribution in [0.3, 0.4) is 0 Å². The van der Waals surface area contributed by atoms with Crippen LogP contribution in [0.25, 0.3) is 0 Å². The molecule has 1 fully saturated rings. The highest BCUT2D eigenvalue weighted by atomic mass is 32.2. The molecule has 2 unspecified atom stereocenters. The first kappa shape index (κ1) is 13.3. The third-order valence-corrected chi connectivity index (χ3v) is 4.64. The van der Waals surface area contributed by atoms with E-state index >= 15 is 0 Å². The highest BCUT2D eigenvalue weighted by Gasteiger charge is 2.36. The van der Waals surface area contributed by atoms with Crippen LogP contribution in [-0.4, -0.2) is 54.8 Å². The van der Waals surface area contributed by atoms with E-state index in [1.165, 1.54) is 17.9 Å². The molecule has 2 atom stereocenters. The minimum atomic E-state index is -0.0142. The second-order valence-corrected chi connectivity index (χ2v) is 5.62. The summed E-state index contributed by atoms with van der Waals surface area (Å²) in [6, 6.07) is 0. The predicted octanol–water partition coefficient (Wildman–Crippen LogP) is 1.18. The molecular weight excluding hydrogens is 208 g/mol. The Balaban J connectivity index is 2.69. The van der Waals surface area contributed by atoms with E-state index in [0.29, 0.717) is 6.54 Å². The lowest BCUT2D eigenvalue weighted by atomic mass is 9.93. The first-order valence-corrected chi connectivity index (χ1v) is 6.86. The Kier molecular flexibility index (Phi) is 5.39. The molecule has 4 heteroatoms. The van der Waals surface area contributed by atoms with E-state index in [1.54, 1.807) is 7.11 Å². The molecule has 15 heavy (non-hydrogen) atoms. The Labute approximate surface area is 97.7 Å². The van der Waals surface area contributed by atoms with E-state index in [0.717, 1.165) is 13.1 Å². The van der Waals surface area contributed by atoms with Crippen molar-refractivity contribution >= 4 is 11.8 Å². The van der Waals surface area contributed by atoms with Crippen LogP contribution >= 0.6 is 11.8 Å². The number of ether oxygens (including phenoxy) is 1. The number of nitrogens with two attached hydrogens (primary N) is 1. The molecular formula is C11H24N2OS. The van der Waals surface area contributed by atoms with Gasteiger partial charge in [0.05, 0.1) is 11.6 Å². The third-order valence-electron chi connectivity index (χ3n) is 3.59. The van der Waals surface area contributed by atoms with Crippen molar-refractivity contribution in [1.82, 2.24) is 4.90 Å². The van der Waals surface area contributed by atoms with E-state index in [4.69, 9.17) is 10.5 Å². The first-order valence-electron chi connectivity index (χ1n) is 5.71. The summed E-state index contributed by atoms with van der Waals surface area (Å²) in [6.45, 7) is 7.27. The Hall–Kier alpha value is 0.230. The van der Waals surface area contributed by atoms with Gasteiger partial charge in [0.2, 0.25) is 0 Å². The maximum atomic E-state index is 5.94. The molecule has 0 amide bonds. The lowest BCUT2D eigenvalue weighted by Gasteiger charge is -2.43. The monoisotopic (exact) mass is 232 g/mol. The normalized spacial score (nSPS) is 25.6. The molecule has 0 spiro atoms. The fraction of sp³-hybridized carbons (Fsp3) is 1.00. The van der Waals surface area contributed by atoms with E-state index < -0.39 is 0 Å². The number of methoxy groups -OCH3 is 1. The van der Waals surface area contributed by atoms with Crippen LogP contribution in [0.15, 0.2) is 0 Å². The topological polar surface area (TPSA) is 38.5 Å². The van der Waals surface area contributed by atoms with Gasteiger partial charge in [-0.15, -0.1) is 0 Å². The molecule has 0 radical (unpaired) electrons. The van der Waals surface area contributed by atoms with Crippen molar-refractivity contribution in [1.29, 1.82) is 0 Å². The number of nitrogens with zero attached hydrogens (tertiary/aromatic N) is 1. The molecule has 90 valence electrons. The summed E-state index contributed by atoms with van der Waals surface area (Å²) in [5.41, 5.74) is 5.92. The van der Waals surface area contributed by atoms with Gasteiger partial charge in [0, 0.05) is 26.0 Å². The number of thioether (sulfide) groups is 1. The minimum Gasteiger partial charge on any atom is -0.380 e. The predicted molar refractivity (Wildman–Crippen MR) is 67.4 cm³/mol. The largest absolute Gasteiger partial charge is 0.380 e. The van der Waals surface area contributed by atoms with Gasteiger partial charge < -0.3 is 10.5 Å². The van der Waals surface area contributed by atoms with Gasteiger partial charge in [-0.1, -0.05) is 0 Å². The summed E-state index contributed by atoms with van der Waals surface area (Å²) in [6.07, 6.45) is 1.45. The molecule has 1 aliphatic rings. The maximum absolute atomic E-state index is 5.94. The lowest BCUT2D eigenvalue weighted by molar-refractivity contribution is -0.0279. The van der Waals surface area contributed by atoms with Gasteiger partial charge in [0.25, 0.3) is 0 Å². The number of rotatable bonds is 4. The molecule has 0 aromatic heterocycles. The average Bonchev–Trinajstić information content (AvgIpc) is 2.55. The van der Waals surface area contributed by atoms with Crippen molar-refractivity contribution in [2.75, 3.05) is 38.2 Å². The molecule has 1 saturated heterocycles. The molecule has 1 aliphatic heterocycles. The fourth-order valence-electron chi connectivity index (χ4n) is 2.06. The van der Waals surface area contributed by atoms with Gasteiger partial charge in [-0.2, -0.15) is 11.8 Å². The van der Waals surface area contributed by atoms with Gasteiger partial charge in [-0.3, -0.25) is 4.90 Å². The van der Waals surface area contributed by atoms with E-state index in [1.807, 2.05) is 11.8 Å². The van der Waals surface area contributed by atoms with Crippen LogP contribution in [0.2, 0.25) is 0 Å². The molecule has 3 nitrogen and oxygen atoms in total. The van der Waals surface area contributed by atoms with Crippen LogP contribution in [0, 0.1) is 0 Å². The average molecular weight is 232 g/mol. The van der Waals surface area contributed by atoms with Gasteiger partial charge in [0.15, 0.2) is 0 Å². The summed E-state index contributed by atoms with van der Waals surface area (Å²) in [5.74, 6) is 2.49. The summed E-state index contributed by atoms with van der Waals surface area (Å²) in [7, 11) is 1.77. The standard InChI is InChI=1S/C11H24N2OS/c1-10(14-3)11(2,9-12)13-5-4-7-15-8-6-13/h10H,4-9,12H2,1-3H3. The van der Waals surface area contributed by atoms with Crippen molar-refractivity contribution in [3.63, 3.8) is 0 Å². The van der Waals surface area contributed by atoms with Gasteiger partial charge >= 0.3 is 0 Å². The van der Waals surface area contributed by atoms with Crippen LogP contribution in [0.5, 0.6) is 0 Å². The minimum absolute atomic E-state index is 0.0142. The molecule has 1 heterocycles. The fourth-order valence-corrected chi connectivity index (χ4v) is 2.95. The number of hydrogen-bond acceptors (Lipinski definition) is 4. The van der Waals surface area contributed by atoms with E-state index in [-0.39, 0.29) is 11.6 Å². The van der Waals surface area contributed by atoms with Crippen molar-refractivity contribution in [3.05, 3.63) is 0 Å². The van der Waals surface area contributed by atoms with Crippen molar-refractivity contribution in [2.45, 2.75) is 31.9 Å². The van der Waals surface area contributed by atoms with Gasteiger partial charge in [-0.25, -0.2) is 0 Å². The molecule has 0 saturated carbocycles. The second kappa shape index (κ2) is 6.09.